The second-order valence-electron chi connectivity index (χ2n) is 5.05. The number of rotatable bonds is 2. The molecule has 1 aliphatic carbocycles. The molecule has 1 heterocycles. The van der Waals surface area contributed by atoms with Crippen LogP contribution in [-0.2, 0) is 4.79 Å². The van der Waals surface area contributed by atoms with Crippen LogP contribution in [0, 0.1) is 6.92 Å². The van der Waals surface area contributed by atoms with E-state index in [2.05, 4.69) is 0 Å². The molecule has 0 aromatic heterocycles. The maximum atomic E-state index is 12.3. The Morgan fingerprint density at radius 2 is 1.78 bits per heavy atom. The average molecular weight is 244 g/mol. The second kappa shape index (κ2) is 4.12. The molecule has 0 bridgehead atoms. The van der Waals surface area contributed by atoms with Gasteiger partial charge in [0.25, 0.3) is 5.91 Å². The fraction of sp³-hybridized carbons (Fsp3) is 0.429. The summed E-state index contributed by atoms with van der Waals surface area (Å²) in [6.45, 7) is 2.18. The number of carbonyl (C=O) groups excluding carboxylic acids is 2. The summed E-state index contributed by atoms with van der Waals surface area (Å²) in [5.41, 5.74) is 1.95. The van der Waals surface area contributed by atoms with E-state index in [0.717, 1.165) is 30.5 Å². The van der Waals surface area contributed by atoms with Crippen molar-refractivity contribution < 1.29 is 9.59 Å². The molecule has 0 radical (unpaired) electrons. The van der Waals surface area contributed by atoms with Crippen molar-refractivity contribution in [1.29, 1.82) is 0 Å². The number of hydrogen-bond donors (Lipinski definition) is 0. The first-order valence-corrected chi connectivity index (χ1v) is 6.37. The van der Waals surface area contributed by atoms with Crippen molar-refractivity contribution in [3.05, 3.63) is 29.8 Å². The molecule has 1 aliphatic heterocycles. The highest BCUT2D eigenvalue weighted by molar-refractivity contribution is 6.12. The van der Waals surface area contributed by atoms with Gasteiger partial charge in [-0.1, -0.05) is 17.7 Å². The lowest BCUT2D eigenvalue weighted by atomic mass is 9.92. The molecular formula is C14H16N2O2. The Bertz CT molecular complexity index is 491. The van der Waals surface area contributed by atoms with E-state index in [4.69, 9.17) is 0 Å². The fourth-order valence-corrected chi connectivity index (χ4v) is 2.45. The molecule has 1 aromatic carbocycles. The van der Waals surface area contributed by atoms with Crippen molar-refractivity contribution in [1.82, 2.24) is 4.90 Å². The zero-order valence-electron chi connectivity index (χ0n) is 10.4. The third-order valence-corrected chi connectivity index (χ3v) is 3.78. The predicted molar refractivity (Wildman–Crippen MR) is 68.4 cm³/mol. The van der Waals surface area contributed by atoms with E-state index in [9.17, 15) is 9.59 Å². The van der Waals surface area contributed by atoms with Gasteiger partial charge < -0.3 is 0 Å². The Balaban J connectivity index is 1.84. The summed E-state index contributed by atoms with van der Waals surface area (Å²) in [6.07, 6.45) is 3.03. The number of urea groups is 1. The number of benzene rings is 1. The van der Waals surface area contributed by atoms with Crippen LogP contribution >= 0.6 is 0 Å². The number of hydrogen-bond acceptors (Lipinski definition) is 2. The van der Waals surface area contributed by atoms with Crippen molar-refractivity contribution in [2.24, 2.45) is 0 Å². The van der Waals surface area contributed by atoms with Crippen molar-refractivity contribution in [3.63, 3.8) is 0 Å². The summed E-state index contributed by atoms with van der Waals surface area (Å²) >= 11 is 0. The Hall–Kier alpha value is -1.84. The maximum Gasteiger partial charge on any atom is 0.331 e. The van der Waals surface area contributed by atoms with Gasteiger partial charge in [-0.15, -0.1) is 0 Å². The quantitative estimate of drug-likeness (QED) is 0.749. The Morgan fingerprint density at radius 1 is 1.11 bits per heavy atom. The monoisotopic (exact) mass is 244 g/mol. The van der Waals surface area contributed by atoms with Crippen LogP contribution in [0.5, 0.6) is 0 Å². The second-order valence-corrected chi connectivity index (χ2v) is 5.05. The lowest BCUT2D eigenvalue weighted by Gasteiger charge is -2.32. The third-order valence-electron chi connectivity index (χ3n) is 3.78. The number of aryl methyl sites for hydroxylation is 1. The molecule has 1 aromatic rings. The highest BCUT2D eigenvalue weighted by Crippen LogP contribution is 2.30. The van der Waals surface area contributed by atoms with Crippen LogP contribution in [0.3, 0.4) is 0 Å². The minimum atomic E-state index is -0.159. The van der Waals surface area contributed by atoms with Crippen LogP contribution in [0.1, 0.15) is 24.8 Å². The summed E-state index contributed by atoms with van der Waals surface area (Å²) in [5.74, 6) is -0.0646. The fourth-order valence-electron chi connectivity index (χ4n) is 2.45. The van der Waals surface area contributed by atoms with Crippen LogP contribution in [-0.4, -0.2) is 29.4 Å². The first-order chi connectivity index (χ1) is 8.66. The average Bonchev–Trinajstić information content (AvgIpc) is 2.56. The topological polar surface area (TPSA) is 40.6 Å². The maximum absolute atomic E-state index is 12.3. The minimum absolute atomic E-state index is 0.0646. The molecule has 3 amide bonds. The van der Waals surface area contributed by atoms with Crippen LogP contribution in [0.4, 0.5) is 10.5 Å². The van der Waals surface area contributed by atoms with E-state index in [1.807, 2.05) is 31.2 Å². The van der Waals surface area contributed by atoms with Gasteiger partial charge in [-0.25, -0.2) is 4.79 Å². The molecule has 4 heteroatoms. The van der Waals surface area contributed by atoms with E-state index in [-0.39, 0.29) is 24.5 Å². The largest absolute Gasteiger partial charge is 0.331 e. The molecule has 0 N–H and O–H groups in total. The lowest BCUT2D eigenvalue weighted by molar-refractivity contribution is -0.127. The van der Waals surface area contributed by atoms with E-state index in [1.165, 1.54) is 4.90 Å². The van der Waals surface area contributed by atoms with Crippen molar-refractivity contribution in [3.8, 4) is 0 Å². The molecular weight excluding hydrogens is 228 g/mol. The highest BCUT2D eigenvalue weighted by Gasteiger charge is 2.42. The van der Waals surface area contributed by atoms with E-state index >= 15 is 0 Å². The standard InChI is InChI=1S/C14H16N2O2/c1-10-5-7-11(8-6-10)15-9-13(17)16(14(15)18)12-3-2-4-12/h5-8,12H,2-4,9H2,1H3. The van der Waals surface area contributed by atoms with Gasteiger partial charge >= 0.3 is 6.03 Å². The molecule has 2 fully saturated rings. The summed E-state index contributed by atoms with van der Waals surface area (Å²) in [7, 11) is 0. The number of amides is 3. The van der Waals surface area contributed by atoms with Crippen molar-refractivity contribution in [2.75, 3.05) is 11.4 Å². The Morgan fingerprint density at radius 3 is 2.33 bits per heavy atom. The zero-order chi connectivity index (χ0) is 12.7. The van der Waals surface area contributed by atoms with E-state index in [1.54, 1.807) is 4.90 Å². The minimum Gasteiger partial charge on any atom is -0.285 e. The Labute approximate surface area is 106 Å². The lowest BCUT2D eigenvalue weighted by Crippen LogP contribution is -2.44. The molecule has 0 unspecified atom stereocenters. The zero-order valence-corrected chi connectivity index (χ0v) is 10.4. The first kappa shape index (κ1) is 11.3. The van der Waals surface area contributed by atoms with Gasteiger partial charge in [0.15, 0.2) is 0 Å². The summed E-state index contributed by atoms with van der Waals surface area (Å²) < 4.78 is 0. The Kier molecular flexibility index (Phi) is 2.58. The van der Waals surface area contributed by atoms with Crippen LogP contribution in [0.2, 0.25) is 0 Å². The van der Waals surface area contributed by atoms with Crippen LogP contribution in [0.25, 0.3) is 0 Å². The smallest absolute Gasteiger partial charge is 0.285 e. The molecule has 3 rings (SSSR count). The molecule has 0 spiro atoms. The third kappa shape index (κ3) is 1.68. The van der Waals surface area contributed by atoms with Gasteiger partial charge in [-0.2, -0.15) is 0 Å². The summed E-state index contributed by atoms with van der Waals surface area (Å²) in [4.78, 5) is 27.2. The van der Waals surface area contributed by atoms with Gasteiger partial charge in [0.2, 0.25) is 0 Å². The molecule has 1 saturated carbocycles. The molecule has 18 heavy (non-hydrogen) atoms. The normalized spacial score (nSPS) is 20.5. The SMILES string of the molecule is Cc1ccc(N2CC(=O)N(C3CCC3)C2=O)cc1. The van der Waals surface area contributed by atoms with Gasteiger partial charge in [-0.3, -0.25) is 14.6 Å². The summed E-state index contributed by atoms with van der Waals surface area (Å²) in [6, 6.07) is 7.68. The number of nitrogens with zero attached hydrogens (tertiary/aromatic N) is 2. The van der Waals surface area contributed by atoms with E-state index in [0.29, 0.717) is 0 Å². The number of imide groups is 1. The number of anilines is 1. The molecule has 0 atom stereocenters. The highest BCUT2D eigenvalue weighted by atomic mass is 16.2. The summed E-state index contributed by atoms with van der Waals surface area (Å²) in [5, 5.41) is 0. The van der Waals surface area contributed by atoms with Gasteiger partial charge in [0.1, 0.15) is 6.54 Å². The van der Waals surface area contributed by atoms with E-state index < -0.39 is 0 Å². The molecule has 94 valence electrons. The van der Waals surface area contributed by atoms with Crippen LogP contribution < -0.4 is 4.90 Å². The van der Waals surface area contributed by atoms with Gasteiger partial charge in [0, 0.05) is 11.7 Å². The first-order valence-electron chi connectivity index (χ1n) is 6.37. The number of carbonyl (C=O) groups is 2. The molecule has 4 nitrogen and oxygen atoms in total. The molecule has 2 aliphatic rings. The van der Waals surface area contributed by atoms with Gasteiger partial charge in [0.05, 0.1) is 0 Å². The predicted octanol–water partition coefficient (Wildman–Crippen LogP) is 2.32. The van der Waals surface area contributed by atoms with Crippen LogP contribution in [0.15, 0.2) is 24.3 Å². The molecule has 1 saturated heterocycles. The van der Waals surface area contributed by atoms with Crippen molar-refractivity contribution in [2.45, 2.75) is 32.2 Å². The van der Waals surface area contributed by atoms with Gasteiger partial charge in [-0.05, 0) is 38.3 Å². The van der Waals surface area contributed by atoms with Crippen molar-refractivity contribution >= 4 is 17.6 Å².